The molecule has 4 rings (SSSR count). The number of hydrogen-bond donors (Lipinski definition) is 1. The Balaban J connectivity index is 1.45. The molecule has 1 aliphatic carbocycles. The van der Waals surface area contributed by atoms with Crippen LogP contribution >= 0.6 is 0 Å². The van der Waals surface area contributed by atoms with Crippen LogP contribution in [-0.2, 0) is 26.2 Å². The molecule has 1 unspecified atom stereocenters. The number of carbonyl (C=O) groups excluding carboxylic acids is 2. The van der Waals surface area contributed by atoms with Gasteiger partial charge in [0, 0.05) is 31.6 Å². The molecule has 2 aliphatic rings. The molecule has 1 saturated carbocycles. The van der Waals surface area contributed by atoms with Gasteiger partial charge >= 0.3 is 0 Å². The van der Waals surface area contributed by atoms with Gasteiger partial charge in [-0.25, -0.2) is 8.42 Å². The summed E-state index contributed by atoms with van der Waals surface area (Å²) >= 11 is 0. The van der Waals surface area contributed by atoms with Crippen LogP contribution in [0.25, 0.3) is 0 Å². The minimum absolute atomic E-state index is 0.0927. The maximum atomic E-state index is 13.5. The summed E-state index contributed by atoms with van der Waals surface area (Å²) in [5.41, 5.74) is 2.47. The van der Waals surface area contributed by atoms with Crippen molar-refractivity contribution in [3.8, 4) is 11.5 Å². The van der Waals surface area contributed by atoms with Gasteiger partial charge in [-0.1, -0.05) is 49.1 Å². The van der Waals surface area contributed by atoms with Crippen LogP contribution in [0.5, 0.6) is 11.5 Å². The number of fused-ring (bicyclic) bond motifs is 1. The predicted octanol–water partition coefficient (Wildman–Crippen LogP) is 4.14. The number of benzene rings is 2. The fraction of sp³-hybridized carbons (Fsp3) is 0.517. The first-order valence-corrected chi connectivity index (χ1v) is 15.5. The van der Waals surface area contributed by atoms with Crippen LogP contribution in [-0.4, -0.2) is 56.8 Å². The van der Waals surface area contributed by atoms with E-state index in [1.54, 1.807) is 30.0 Å². The van der Waals surface area contributed by atoms with Crippen molar-refractivity contribution in [2.75, 3.05) is 23.9 Å². The fourth-order valence-corrected chi connectivity index (χ4v) is 6.16. The second-order valence-electron chi connectivity index (χ2n) is 10.5. The van der Waals surface area contributed by atoms with Crippen molar-refractivity contribution in [3.05, 3.63) is 53.6 Å². The van der Waals surface area contributed by atoms with Gasteiger partial charge in [-0.2, -0.15) is 0 Å². The standard InChI is InChI=1S/C29H39N3O6S/c1-21-9-7-10-23(17-21)19-31(22(2)29(34)30-24-11-5-4-6-12-24)28(33)13-8-16-32(39(3,35)36)25-14-15-26-27(18-25)38-20-37-26/h7,9-10,14-15,17-18,22,24H,4-6,8,11-13,16,19-20H2,1-3H3,(H,30,34). The molecule has 2 aromatic carbocycles. The minimum atomic E-state index is -3.61. The summed E-state index contributed by atoms with van der Waals surface area (Å²) in [5, 5.41) is 3.14. The third-order valence-electron chi connectivity index (χ3n) is 7.35. The number of nitrogens with zero attached hydrogens (tertiary/aromatic N) is 2. The first-order chi connectivity index (χ1) is 18.6. The summed E-state index contributed by atoms with van der Waals surface area (Å²) in [6, 6.07) is 12.4. The van der Waals surface area contributed by atoms with Crippen molar-refractivity contribution >= 4 is 27.5 Å². The Morgan fingerprint density at radius 1 is 1.05 bits per heavy atom. The Morgan fingerprint density at radius 3 is 2.51 bits per heavy atom. The molecule has 9 nitrogen and oxygen atoms in total. The van der Waals surface area contributed by atoms with Crippen LogP contribution in [0, 0.1) is 6.92 Å². The highest BCUT2D eigenvalue weighted by molar-refractivity contribution is 7.92. The molecule has 0 aromatic heterocycles. The number of sulfonamides is 1. The lowest BCUT2D eigenvalue weighted by atomic mass is 9.95. The molecule has 2 amide bonds. The molecule has 0 radical (unpaired) electrons. The zero-order valence-corrected chi connectivity index (χ0v) is 23.8. The quantitative estimate of drug-likeness (QED) is 0.445. The average Bonchev–Trinajstić information content (AvgIpc) is 3.37. The highest BCUT2D eigenvalue weighted by Crippen LogP contribution is 2.36. The van der Waals surface area contributed by atoms with Crippen LogP contribution in [0.3, 0.4) is 0 Å². The van der Waals surface area contributed by atoms with Gasteiger partial charge in [-0.3, -0.25) is 13.9 Å². The van der Waals surface area contributed by atoms with Gasteiger partial charge in [0.15, 0.2) is 11.5 Å². The van der Waals surface area contributed by atoms with Crippen LogP contribution in [0.4, 0.5) is 5.69 Å². The molecule has 39 heavy (non-hydrogen) atoms. The second kappa shape index (κ2) is 12.7. The largest absolute Gasteiger partial charge is 0.454 e. The van der Waals surface area contributed by atoms with E-state index in [2.05, 4.69) is 5.32 Å². The maximum Gasteiger partial charge on any atom is 0.242 e. The van der Waals surface area contributed by atoms with Crippen molar-refractivity contribution in [1.82, 2.24) is 10.2 Å². The summed E-state index contributed by atoms with van der Waals surface area (Å²) in [7, 11) is -3.61. The zero-order valence-electron chi connectivity index (χ0n) is 23.0. The van der Waals surface area contributed by atoms with E-state index in [0.29, 0.717) is 30.2 Å². The Morgan fingerprint density at radius 2 is 1.79 bits per heavy atom. The predicted molar refractivity (Wildman–Crippen MR) is 150 cm³/mol. The van der Waals surface area contributed by atoms with Gasteiger partial charge in [0.2, 0.25) is 28.6 Å². The Kier molecular flexibility index (Phi) is 9.37. The number of carbonyl (C=O) groups is 2. The molecule has 10 heteroatoms. The highest BCUT2D eigenvalue weighted by atomic mass is 32.2. The molecule has 1 heterocycles. The number of amides is 2. The van der Waals surface area contributed by atoms with Gasteiger partial charge in [-0.05, 0) is 50.8 Å². The maximum absolute atomic E-state index is 13.5. The monoisotopic (exact) mass is 557 g/mol. The summed E-state index contributed by atoms with van der Waals surface area (Å²) in [4.78, 5) is 28.3. The van der Waals surface area contributed by atoms with E-state index in [4.69, 9.17) is 9.47 Å². The van der Waals surface area contributed by atoms with Gasteiger partial charge < -0.3 is 19.7 Å². The van der Waals surface area contributed by atoms with E-state index in [1.807, 2.05) is 31.2 Å². The molecule has 0 bridgehead atoms. The summed E-state index contributed by atoms with van der Waals surface area (Å²) in [6.45, 7) is 4.27. The van der Waals surface area contributed by atoms with Crippen LogP contribution in [0.15, 0.2) is 42.5 Å². The Bertz CT molecular complexity index is 1280. The van der Waals surface area contributed by atoms with Gasteiger partial charge in [0.1, 0.15) is 6.04 Å². The van der Waals surface area contributed by atoms with Crippen molar-refractivity contribution in [2.45, 2.75) is 77.4 Å². The van der Waals surface area contributed by atoms with E-state index in [-0.39, 0.29) is 37.6 Å². The summed E-state index contributed by atoms with van der Waals surface area (Å²) < 4.78 is 37.2. The molecule has 1 atom stereocenters. The lowest BCUT2D eigenvalue weighted by molar-refractivity contribution is -0.141. The van der Waals surface area contributed by atoms with Crippen molar-refractivity contribution in [1.29, 1.82) is 0 Å². The number of rotatable bonds is 11. The smallest absolute Gasteiger partial charge is 0.242 e. The third kappa shape index (κ3) is 7.65. The lowest BCUT2D eigenvalue weighted by Crippen LogP contribution is -2.50. The van der Waals surface area contributed by atoms with Crippen molar-refractivity contribution < 1.29 is 27.5 Å². The topological polar surface area (TPSA) is 105 Å². The molecule has 1 aliphatic heterocycles. The van der Waals surface area contributed by atoms with Gasteiger partial charge in [0.05, 0.1) is 11.9 Å². The van der Waals surface area contributed by atoms with E-state index in [9.17, 15) is 18.0 Å². The lowest BCUT2D eigenvalue weighted by Gasteiger charge is -2.31. The first kappa shape index (κ1) is 28.7. The van der Waals surface area contributed by atoms with E-state index < -0.39 is 16.1 Å². The minimum Gasteiger partial charge on any atom is -0.454 e. The Hall–Kier alpha value is -3.27. The third-order valence-corrected chi connectivity index (χ3v) is 8.54. The number of hydrogen-bond acceptors (Lipinski definition) is 6. The first-order valence-electron chi connectivity index (χ1n) is 13.6. The van der Waals surface area contributed by atoms with E-state index in [0.717, 1.165) is 43.1 Å². The second-order valence-corrected chi connectivity index (χ2v) is 12.4. The fourth-order valence-electron chi connectivity index (χ4n) is 5.20. The SMILES string of the molecule is Cc1cccc(CN(C(=O)CCCN(c2ccc3c(c2)OCO3)S(C)(=O)=O)C(C)C(=O)NC2CCCCC2)c1. The molecule has 1 fully saturated rings. The van der Waals surface area contributed by atoms with Crippen LogP contribution in [0.2, 0.25) is 0 Å². The molecule has 0 spiro atoms. The zero-order chi connectivity index (χ0) is 28.0. The van der Waals surface area contributed by atoms with Crippen molar-refractivity contribution in [2.24, 2.45) is 0 Å². The van der Waals surface area contributed by atoms with E-state index in [1.165, 1.54) is 10.7 Å². The number of anilines is 1. The summed E-state index contributed by atoms with van der Waals surface area (Å²) in [6.07, 6.45) is 6.86. The molecule has 0 saturated heterocycles. The van der Waals surface area contributed by atoms with E-state index >= 15 is 0 Å². The van der Waals surface area contributed by atoms with Crippen LogP contribution < -0.4 is 19.1 Å². The molecular weight excluding hydrogens is 518 g/mol. The summed E-state index contributed by atoms with van der Waals surface area (Å²) in [5.74, 6) is 0.706. The molecule has 1 N–H and O–H groups in total. The molecule has 212 valence electrons. The number of aryl methyl sites for hydroxylation is 1. The van der Waals surface area contributed by atoms with Crippen molar-refractivity contribution in [3.63, 3.8) is 0 Å². The van der Waals surface area contributed by atoms with Gasteiger partial charge in [0.25, 0.3) is 0 Å². The molecule has 2 aromatic rings. The van der Waals surface area contributed by atoms with Gasteiger partial charge in [-0.15, -0.1) is 0 Å². The average molecular weight is 558 g/mol. The van der Waals surface area contributed by atoms with Crippen LogP contribution in [0.1, 0.15) is 63.0 Å². The molecular formula is C29H39N3O6S. The Labute approximate surface area is 231 Å². The normalized spacial score (nSPS) is 16.0. The number of nitrogens with one attached hydrogen (secondary N) is 1. The highest BCUT2D eigenvalue weighted by Gasteiger charge is 2.29. The number of ether oxygens (including phenoxy) is 2.